The van der Waals surface area contributed by atoms with E-state index < -0.39 is 0 Å². The second-order valence-corrected chi connectivity index (χ2v) is 7.69. The molecule has 1 amide bonds. The Morgan fingerprint density at radius 2 is 1.90 bits per heavy atom. The van der Waals surface area contributed by atoms with Gasteiger partial charge in [-0.05, 0) is 51.5 Å². The summed E-state index contributed by atoms with van der Waals surface area (Å²) < 4.78 is 11.2. The van der Waals surface area contributed by atoms with E-state index in [0.717, 1.165) is 11.3 Å². The van der Waals surface area contributed by atoms with Crippen LogP contribution in [0.4, 0.5) is 16.3 Å². The zero-order chi connectivity index (χ0) is 21.7. The number of anilines is 2. The van der Waals surface area contributed by atoms with Gasteiger partial charge in [-0.2, -0.15) is 0 Å². The van der Waals surface area contributed by atoms with Crippen LogP contribution in [0.1, 0.15) is 49.5 Å². The Morgan fingerprint density at radius 1 is 1.17 bits per heavy atom. The van der Waals surface area contributed by atoms with Gasteiger partial charge in [0.1, 0.15) is 18.2 Å². The molecule has 1 aromatic heterocycles. The fourth-order valence-electron chi connectivity index (χ4n) is 3.36. The van der Waals surface area contributed by atoms with Gasteiger partial charge in [-0.3, -0.25) is 4.79 Å². The van der Waals surface area contributed by atoms with Crippen LogP contribution in [0.25, 0.3) is 0 Å². The zero-order valence-corrected chi connectivity index (χ0v) is 17.8. The molecule has 0 radical (unpaired) electrons. The van der Waals surface area contributed by atoms with Crippen LogP contribution >= 0.6 is 0 Å². The Kier molecular flexibility index (Phi) is 6.87. The molecule has 0 atom stereocenters. The minimum Gasteiger partial charge on any atom is -0.474 e. The summed E-state index contributed by atoms with van der Waals surface area (Å²) in [7, 11) is 0. The number of hydrogen-bond donors (Lipinski definition) is 1. The molecule has 2 heterocycles. The highest BCUT2D eigenvalue weighted by Gasteiger charge is 2.25. The smallest absolute Gasteiger partial charge is 0.410 e. The molecule has 160 valence electrons. The number of carbonyl (C=O) groups is 2. The third kappa shape index (κ3) is 5.68. The number of amides is 1. The lowest BCUT2D eigenvalue weighted by atomic mass is 10.0. The number of aryl methyl sites for hydroxylation is 1. The largest absolute Gasteiger partial charge is 0.474 e. The van der Waals surface area contributed by atoms with E-state index in [1.807, 2.05) is 32.9 Å². The van der Waals surface area contributed by atoms with Crippen molar-refractivity contribution in [3.63, 3.8) is 0 Å². The van der Waals surface area contributed by atoms with Crippen molar-refractivity contribution in [3.8, 4) is 5.88 Å². The van der Waals surface area contributed by atoms with E-state index in [4.69, 9.17) is 9.47 Å². The summed E-state index contributed by atoms with van der Waals surface area (Å²) in [6, 6.07) is 7.30. The summed E-state index contributed by atoms with van der Waals surface area (Å²) in [6.07, 6.45) is 2.46. The van der Waals surface area contributed by atoms with Gasteiger partial charge in [0.05, 0.1) is 6.10 Å². The molecule has 0 unspecified atom stereocenters. The van der Waals surface area contributed by atoms with Gasteiger partial charge in [0, 0.05) is 43.2 Å². The Bertz CT molecular complexity index is 908. The summed E-state index contributed by atoms with van der Waals surface area (Å²) in [5.41, 5.74) is 2.44. The number of ether oxygens (including phenoxy) is 2. The molecule has 0 aliphatic carbocycles. The predicted octanol–water partition coefficient (Wildman–Crippen LogP) is 4.12. The Morgan fingerprint density at radius 3 is 2.53 bits per heavy atom. The third-order valence-electron chi connectivity index (χ3n) is 4.84. The van der Waals surface area contributed by atoms with Gasteiger partial charge in [0.25, 0.3) is 0 Å². The molecule has 1 aromatic carbocycles. The summed E-state index contributed by atoms with van der Waals surface area (Å²) in [5, 5.41) is 3.22. The van der Waals surface area contributed by atoms with Gasteiger partial charge < -0.3 is 19.7 Å². The number of likely N-dealkylation sites (tertiary alicyclic amines) is 1. The van der Waals surface area contributed by atoms with Crippen molar-refractivity contribution in [1.82, 2.24) is 14.9 Å². The van der Waals surface area contributed by atoms with Crippen molar-refractivity contribution in [1.29, 1.82) is 0 Å². The predicted molar refractivity (Wildman–Crippen MR) is 113 cm³/mol. The van der Waals surface area contributed by atoms with Gasteiger partial charge in [0.15, 0.2) is 5.78 Å². The Hall–Kier alpha value is -3.16. The lowest BCUT2D eigenvalue weighted by Gasteiger charge is -2.31. The third-order valence-corrected chi connectivity index (χ3v) is 4.84. The molecule has 1 fully saturated rings. The van der Waals surface area contributed by atoms with Crippen LogP contribution in [0, 0.1) is 6.92 Å². The van der Waals surface area contributed by atoms with Gasteiger partial charge in [0.2, 0.25) is 5.88 Å². The maximum absolute atomic E-state index is 12.0. The molecule has 8 heteroatoms. The first-order valence-electron chi connectivity index (χ1n) is 10.1. The van der Waals surface area contributed by atoms with Gasteiger partial charge in [-0.15, -0.1) is 0 Å². The topological polar surface area (TPSA) is 93.7 Å². The number of nitrogens with one attached hydrogen (secondary N) is 1. The molecule has 1 saturated heterocycles. The van der Waals surface area contributed by atoms with E-state index in [0.29, 0.717) is 43.2 Å². The van der Waals surface area contributed by atoms with E-state index in [1.165, 1.54) is 6.33 Å². The van der Waals surface area contributed by atoms with Crippen molar-refractivity contribution in [3.05, 3.63) is 41.7 Å². The molecule has 1 aliphatic rings. The average molecular weight is 412 g/mol. The molecule has 0 spiro atoms. The Labute approximate surface area is 176 Å². The van der Waals surface area contributed by atoms with E-state index in [9.17, 15) is 9.59 Å². The normalized spacial score (nSPS) is 14.5. The second-order valence-electron chi connectivity index (χ2n) is 7.69. The molecule has 2 aromatic rings. The van der Waals surface area contributed by atoms with Crippen LogP contribution in [0.3, 0.4) is 0 Å². The minimum absolute atomic E-state index is 0.0204. The number of ketones is 1. The number of hydrogen-bond acceptors (Lipinski definition) is 7. The Balaban J connectivity index is 1.57. The fourth-order valence-corrected chi connectivity index (χ4v) is 3.36. The quantitative estimate of drug-likeness (QED) is 0.713. The molecular formula is C22H28N4O4. The van der Waals surface area contributed by atoms with Crippen LogP contribution in [-0.4, -0.2) is 52.0 Å². The standard InChI is InChI=1S/C22H28N4O4/c1-14(2)29-22(28)26-9-7-18(8-10-26)30-21-12-20(23-13-24-21)25-17-5-6-19(16(4)27)15(3)11-17/h5-6,11-14,18H,7-10H2,1-4H3,(H,23,24,25). The van der Waals surface area contributed by atoms with Gasteiger partial charge >= 0.3 is 6.09 Å². The molecule has 30 heavy (non-hydrogen) atoms. The summed E-state index contributed by atoms with van der Waals surface area (Å²) in [4.78, 5) is 33.7. The van der Waals surface area contributed by atoms with Crippen molar-refractivity contribution >= 4 is 23.4 Å². The lowest BCUT2D eigenvalue weighted by Crippen LogP contribution is -2.42. The number of rotatable bonds is 6. The van der Waals surface area contributed by atoms with Crippen LogP contribution in [-0.2, 0) is 4.74 Å². The SMILES string of the molecule is CC(=O)c1ccc(Nc2cc(OC3CCN(C(=O)OC(C)C)CC3)ncn2)cc1C. The maximum atomic E-state index is 12.0. The molecule has 8 nitrogen and oxygen atoms in total. The minimum atomic E-state index is -0.275. The number of piperidine rings is 1. The molecule has 0 saturated carbocycles. The van der Waals surface area contributed by atoms with Crippen molar-refractivity contribution in [2.75, 3.05) is 18.4 Å². The average Bonchev–Trinajstić information content (AvgIpc) is 2.68. The molecule has 0 bridgehead atoms. The van der Waals surface area contributed by atoms with Crippen LogP contribution in [0.15, 0.2) is 30.6 Å². The number of benzene rings is 1. The van der Waals surface area contributed by atoms with Gasteiger partial charge in [-0.25, -0.2) is 14.8 Å². The van der Waals surface area contributed by atoms with Crippen molar-refractivity contribution in [2.45, 2.75) is 52.7 Å². The van der Waals surface area contributed by atoms with E-state index in [2.05, 4.69) is 15.3 Å². The number of carbonyl (C=O) groups excluding carboxylic acids is 2. The fraction of sp³-hybridized carbons (Fsp3) is 0.455. The van der Waals surface area contributed by atoms with Crippen LogP contribution < -0.4 is 10.1 Å². The van der Waals surface area contributed by atoms with Crippen molar-refractivity contribution in [2.24, 2.45) is 0 Å². The number of nitrogens with zero attached hydrogens (tertiary/aromatic N) is 3. The highest BCUT2D eigenvalue weighted by molar-refractivity contribution is 5.96. The highest BCUT2D eigenvalue weighted by Crippen LogP contribution is 2.23. The number of Topliss-reactive ketones (excluding diaryl/α,β-unsaturated/α-hetero) is 1. The molecule has 3 rings (SSSR count). The van der Waals surface area contributed by atoms with E-state index in [1.54, 1.807) is 24.0 Å². The van der Waals surface area contributed by atoms with Crippen molar-refractivity contribution < 1.29 is 19.1 Å². The summed E-state index contributed by atoms with van der Waals surface area (Å²) >= 11 is 0. The zero-order valence-electron chi connectivity index (χ0n) is 17.8. The molecule has 1 N–H and O–H groups in total. The highest BCUT2D eigenvalue weighted by atomic mass is 16.6. The first kappa shape index (κ1) is 21.5. The summed E-state index contributed by atoms with van der Waals surface area (Å²) in [6.45, 7) is 8.32. The second kappa shape index (κ2) is 9.56. The monoisotopic (exact) mass is 412 g/mol. The molecule has 1 aliphatic heterocycles. The van der Waals surface area contributed by atoms with Gasteiger partial charge in [-0.1, -0.05) is 0 Å². The summed E-state index contributed by atoms with van der Waals surface area (Å²) in [5.74, 6) is 1.13. The van der Waals surface area contributed by atoms with E-state index in [-0.39, 0.29) is 24.1 Å². The molecular weight excluding hydrogens is 384 g/mol. The number of aromatic nitrogens is 2. The van der Waals surface area contributed by atoms with Crippen LogP contribution in [0.5, 0.6) is 5.88 Å². The van der Waals surface area contributed by atoms with E-state index >= 15 is 0 Å². The van der Waals surface area contributed by atoms with Crippen LogP contribution in [0.2, 0.25) is 0 Å². The first-order chi connectivity index (χ1) is 14.3. The lowest BCUT2D eigenvalue weighted by molar-refractivity contribution is 0.0507. The maximum Gasteiger partial charge on any atom is 0.410 e. The first-order valence-corrected chi connectivity index (χ1v) is 10.1.